The predicted molar refractivity (Wildman–Crippen MR) is 198 cm³/mol. The van der Waals surface area contributed by atoms with Crippen LogP contribution in [0.4, 0.5) is 5.69 Å². The molecule has 1 aromatic rings. The maximum Gasteiger partial charge on any atom is 0.305 e. The van der Waals surface area contributed by atoms with Crippen molar-refractivity contribution in [1.29, 1.82) is 0 Å². The van der Waals surface area contributed by atoms with Gasteiger partial charge >= 0.3 is 11.9 Å². The molecule has 0 unspecified atom stereocenters. The summed E-state index contributed by atoms with van der Waals surface area (Å²) in [6.07, 6.45) is 29.3. The molecule has 0 radical (unpaired) electrons. The van der Waals surface area contributed by atoms with Crippen molar-refractivity contribution >= 4 is 30.0 Å². The lowest BCUT2D eigenvalue weighted by Gasteiger charge is -2.36. The van der Waals surface area contributed by atoms with E-state index in [1.54, 1.807) is 0 Å². The molecule has 2 heterocycles. The number of pyridine rings is 1. The minimum Gasteiger partial charge on any atom is -0.464 e. The molecule has 0 atom stereocenters. The maximum absolute atomic E-state index is 12.4. The van der Waals surface area contributed by atoms with Gasteiger partial charge in [0, 0.05) is 63.6 Å². The molecule has 0 amide bonds. The molecule has 0 spiro atoms. The number of anilines is 1. The normalized spacial score (nSPS) is 13.5. The second-order valence-electron chi connectivity index (χ2n) is 13.5. The first-order chi connectivity index (χ1) is 22.6. The summed E-state index contributed by atoms with van der Waals surface area (Å²) in [5, 5.41) is 0. The van der Waals surface area contributed by atoms with Gasteiger partial charge in [0.1, 0.15) is 13.2 Å². The molecule has 1 aliphatic rings. The minimum atomic E-state index is -0.0825. The van der Waals surface area contributed by atoms with Gasteiger partial charge in [0.2, 0.25) is 0 Å². The first-order valence-corrected chi connectivity index (χ1v) is 19.3. The van der Waals surface area contributed by atoms with Crippen LogP contribution < -0.4 is 4.90 Å². The average Bonchev–Trinajstić information content (AvgIpc) is 3.07. The summed E-state index contributed by atoms with van der Waals surface area (Å²) in [5.41, 5.74) is 1.24. The van der Waals surface area contributed by atoms with Crippen LogP contribution in [0.25, 0.3) is 0 Å². The summed E-state index contributed by atoms with van der Waals surface area (Å²) in [5.74, 6) is 0.412. The number of piperidine rings is 1. The highest BCUT2D eigenvalue weighted by Gasteiger charge is 2.22. The molecule has 1 aliphatic heterocycles. The van der Waals surface area contributed by atoms with Gasteiger partial charge in [-0.1, -0.05) is 117 Å². The molecule has 1 fully saturated rings. The molecule has 1 saturated heterocycles. The topological polar surface area (TPSA) is 72.0 Å². The second kappa shape index (κ2) is 30.2. The van der Waals surface area contributed by atoms with Crippen LogP contribution >= 0.6 is 12.4 Å². The van der Waals surface area contributed by atoms with Crippen molar-refractivity contribution in [2.75, 3.05) is 50.8 Å². The van der Waals surface area contributed by atoms with Gasteiger partial charge in [0.05, 0.1) is 0 Å². The standard InChI is InChI=1S/C39H69N3O4.ClH/c1-3-5-7-9-11-13-15-17-19-21-38(43)45-33-31-41(35-36-25-29-42(30-26-36)37-23-27-40-28-24-37)32-34-46-39(44)22-20-18-16-14-12-10-8-6-4-2;/h23-24,27-28,36H,3-22,25-26,29-35H2,1-2H3;1H. The van der Waals surface area contributed by atoms with Gasteiger partial charge in [0.15, 0.2) is 0 Å². The number of aromatic nitrogens is 1. The number of esters is 2. The van der Waals surface area contributed by atoms with Crippen molar-refractivity contribution in [1.82, 2.24) is 9.88 Å². The largest absolute Gasteiger partial charge is 0.464 e. The van der Waals surface area contributed by atoms with Gasteiger partial charge in [-0.2, -0.15) is 0 Å². The van der Waals surface area contributed by atoms with E-state index in [2.05, 4.69) is 40.8 Å². The summed E-state index contributed by atoms with van der Waals surface area (Å²) in [6.45, 7) is 9.68. The number of ether oxygens (including phenoxy) is 2. The zero-order valence-corrected chi connectivity index (χ0v) is 31.1. The third-order valence-corrected chi connectivity index (χ3v) is 9.47. The van der Waals surface area contributed by atoms with Crippen molar-refractivity contribution in [3.63, 3.8) is 0 Å². The molecule has 47 heavy (non-hydrogen) atoms. The Morgan fingerprint density at radius 3 is 1.51 bits per heavy atom. The van der Waals surface area contributed by atoms with E-state index in [9.17, 15) is 9.59 Å². The Balaban J connectivity index is 0.0000110. The van der Waals surface area contributed by atoms with E-state index in [1.165, 1.54) is 95.6 Å². The van der Waals surface area contributed by atoms with Gasteiger partial charge in [-0.15, -0.1) is 12.4 Å². The quantitative estimate of drug-likeness (QED) is 0.0616. The molecular weight excluding hydrogens is 610 g/mol. The highest BCUT2D eigenvalue weighted by molar-refractivity contribution is 5.85. The fraction of sp³-hybridized carbons (Fsp3) is 0.821. The number of hydrogen-bond donors (Lipinski definition) is 0. The molecule has 1 aromatic heterocycles. The number of hydrogen-bond acceptors (Lipinski definition) is 7. The Morgan fingerprint density at radius 1 is 0.681 bits per heavy atom. The molecule has 0 aliphatic carbocycles. The minimum absolute atomic E-state index is 0. The van der Waals surface area contributed by atoms with Crippen molar-refractivity contribution in [2.45, 2.75) is 155 Å². The molecule has 0 N–H and O–H groups in total. The van der Waals surface area contributed by atoms with Gasteiger partial charge in [-0.25, -0.2) is 0 Å². The fourth-order valence-electron chi connectivity index (χ4n) is 6.47. The first-order valence-electron chi connectivity index (χ1n) is 19.3. The number of unbranched alkanes of at least 4 members (excludes halogenated alkanes) is 16. The summed E-state index contributed by atoms with van der Waals surface area (Å²) in [6, 6.07) is 4.16. The van der Waals surface area contributed by atoms with Crippen molar-refractivity contribution in [3.05, 3.63) is 24.5 Å². The Bertz CT molecular complexity index is 827. The Hall–Kier alpha value is -1.86. The number of nitrogens with zero attached hydrogens (tertiary/aromatic N) is 3. The zero-order chi connectivity index (χ0) is 32.9. The highest BCUT2D eigenvalue weighted by Crippen LogP contribution is 2.23. The van der Waals surface area contributed by atoms with E-state index in [0.717, 1.165) is 58.2 Å². The van der Waals surface area contributed by atoms with E-state index in [1.807, 2.05) is 12.4 Å². The Labute approximate surface area is 294 Å². The van der Waals surface area contributed by atoms with Crippen molar-refractivity contribution in [3.8, 4) is 0 Å². The zero-order valence-electron chi connectivity index (χ0n) is 30.3. The van der Waals surface area contributed by atoms with Gasteiger partial charge in [-0.3, -0.25) is 19.5 Å². The summed E-state index contributed by atoms with van der Waals surface area (Å²) in [7, 11) is 0. The van der Waals surface area contributed by atoms with Crippen molar-refractivity contribution < 1.29 is 19.1 Å². The molecule has 272 valence electrons. The number of halogens is 1. The predicted octanol–water partition coefficient (Wildman–Crippen LogP) is 9.95. The lowest BCUT2D eigenvalue weighted by molar-refractivity contribution is -0.144. The lowest BCUT2D eigenvalue weighted by Crippen LogP contribution is -2.41. The van der Waals surface area contributed by atoms with Crippen LogP contribution in [0.1, 0.15) is 155 Å². The highest BCUT2D eigenvalue weighted by atomic mass is 35.5. The summed E-state index contributed by atoms with van der Waals surface area (Å²) in [4.78, 5) is 33.7. The Morgan fingerprint density at radius 2 is 1.09 bits per heavy atom. The van der Waals surface area contributed by atoms with Crippen LogP contribution in [0.15, 0.2) is 24.5 Å². The fourth-order valence-corrected chi connectivity index (χ4v) is 6.47. The van der Waals surface area contributed by atoms with Gasteiger partial charge < -0.3 is 14.4 Å². The number of rotatable bonds is 29. The summed E-state index contributed by atoms with van der Waals surface area (Å²) >= 11 is 0. The van der Waals surface area contributed by atoms with Crippen LogP contribution in [0, 0.1) is 5.92 Å². The van der Waals surface area contributed by atoms with E-state index in [0.29, 0.717) is 45.1 Å². The lowest BCUT2D eigenvalue weighted by atomic mass is 9.96. The maximum atomic E-state index is 12.4. The van der Waals surface area contributed by atoms with Crippen LogP contribution in [-0.4, -0.2) is 67.8 Å². The molecule has 7 nitrogen and oxygen atoms in total. The van der Waals surface area contributed by atoms with Crippen LogP contribution in [-0.2, 0) is 19.1 Å². The monoisotopic (exact) mass is 680 g/mol. The van der Waals surface area contributed by atoms with Crippen LogP contribution in [0.3, 0.4) is 0 Å². The van der Waals surface area contributed by atoms with Crippen LogP contribution in [0.2, 0.25) is 0 Å². The number of carbonyl (C=O) groups excluding carboxylic acids is 2. The second-order valence-corrected chi connectivity index (χ2v) is 13.5. The smallest absolute Gasteiger partial charge is 0.305 e. The third-order valence-electron chi connectivity index (χ3n) is 9.47. The third kappa shape index (κ3) is 23.2. The number of carbonyl (C=O) groups is 2. The molecular formula is C39H70ClN3O4. The van der Waals surface area contributed by atoms with E-state index in [4.69, 9.17) is 9.47 Å². The van der Waals surface area contributed by atoms with Gasteiger partial charge in [0.25, 0.3) is 0 Å². The average molecular weight is 680 g/mol. The molecule has 0 bridgehead atoms. The summed E-state index contributed by atoms with van der Waals surface area (Å²) < 4.78 is 11.3. The molecule has 2 rings (SSSR count). The molecule has 0 saturated carbocycles. The van der Waals surface area contributed by atoms with E-state index >= 15 is 0 Å². The molecule has 8 heteroatoms. The van der Waals surface area contributed by atoms with E-state index in [-0.39, 0.29) is 24.3 Å². The Kier molecular flexibility index (Phi) is 27.7. The van der Waals surface area contributed by atoms with E-state index < -0.39 is 0 Å². The van der Waals surface area contributed by atoms with Crippen LogP contribution in [0.5, 0.6) is 0 Å². The van der Waals surface area contributed by atoms with Gasteiger partial charge in [-0.05, 0) is 43.7 Å². The SMILES string of the molecule is CCCCCCCCCCCC(=O)OCCN(CCOC(=O)CCCCCCCCCCC)CC1CCN(c2ccncc2)CC1.Cl. The van der Waals surface area contributed by atoms with Crippen molar-refractivity contribution in [2.24, 2.45) is 5.92 Å². The molecule has 0 aromatic carbocycles. The first kappa shape index (κ1) is 43.2.